The molecular formula is C57H110O6. The first-order chi connectivity index (χ1) is 30.7. The predicted octanol–water partition coefficient (Wildman–Crippen LogP) is 18.5. The van der Waals surface area contributed by atoms with Crippen molar-refractivity contribution in [1.29, 1.82) is 0 Å². The van der Waals surface area contributed by atoms with Gasteiger partial charge in [-0.2, -0.15) is 0 Å². The average molecular weight is 892 g/mol. The summed E-state index contributed by atoms with van der Waals surface area (Å²) in [5, 5.41) is 0. The largest absolute Gasteiger partial charge is 0.462 e. The maximum Gasteiger partial charge on any atom is 0.306 e. The molecule has 0 amide bonds. The zero-order chi connectivity index (χ0) is 46.1. The van der Waals surface area contributed by atoms with Crippen LogP contribution >= 0.6 is 0 Å². The van der Waals surface area contributed by atoms with Crippen LogP contribution in [0.25, 0.3) is 0 Å². The van der Waals surface area contributed by atoms with Crippen LogP contribution in [0.5, 0.6) is 0 Å². The van der Waals surface area contributed by atoms with Crippen molar-refractivity contribution in [3.05, 3.63) is 0 Å². The van der Waals surface area contributed by atoms with E-state index in [2.05, 4.69) is 34.6 Å². The molecule has 0 aromatic heterocycles. The van der Waals surface area contributed by atoms with Gasteiger partial charge in [-0.1, -0.05) is 279 Å². The van der Waals surface area contributed by atoms with Gasteiger partial charge in [0.15, 0.2) is 6.10 Å². The standard InChI is InChI=1S/C57H110O6/c1-6-7-8-35-42-47-55(58)61-50-54(63-57(60)49-44-39-34-30-26-22-18-14-13-16-20-24-28-32-37-41-46-53(4)5)51-62-56(59)48-43-38-33-29-25-21-17-12-10-9-11-15-19-23-27-31-36-40-45-52(2)3/h52-54H,6-51H2,1-5H3/t54-/m1/s1. The lowest BCUT2D eigenvalue weighted by atomic mass is 10.0. The molecule has 0 fully saturated rings. The van der Waals surface area contributed by atoms with Gasteiger partial charge >= 0.3 is 17.9 Å². The molecule has 63 heavy (non-hydrogen) atoms. The Balaban J connectivity index is 4.04. The summed E-state index contributed by atoms with van der Waals surface area (Å²) < 4.78 is 16.7. The van der Waals surface area contributed by atoms with Gasteiger partial charge in [0.05, 0.1) is 0 Å². The van der Waals surface area contributed by atoms with E-state index in [0.717, 1.165) is 76.0 Å². The van der Waals surface area contributed by atoms with E-state index in [9.17, 15) is 14.4 Å². The van der Waals surface area contributed by atoms with Gasteiger partial charge in [-0.05, 0) is 31.1 Å². The maximum atomic E-state index is 12.8. The normalized spacial score (nSPS) is 12.0. The molecule has 374 valence electrons. The minimum Gasteiger partial charge on any atom is -0.462 e. The summed E-state index contributed by atoms with van der Waals surface area (Å²) in [4.78, 5) is 37.8. The third kappa shape index (κ3) is 51.3. The summed E-state index contributed by atoms with van der Waals surface area (Å²) in [6.45, 7) is 11.4. The van der Waals surface area contributed by atoms with Gasteiger partial charge < -0.3 is 14.2 Å². The molecule has 0 radical (unpaired) electrons. The Bertz CT molecular complexity index is 962. The fourth-order valence-corrected chi connectivity index (χ4v) is 8.70. The first-order valence-electron chi connectivity index (χ1n) is 28.2. The van der Waals surface area contributed by atoms with Crippen molar-refractivity contribution in [3.8, 4) is 0 Å². The number of carbonyl (C=O) groups is 3. The van der Waals surface area contributed by atoms with Gasteiger partial charge in [-0.3, -0.25) is 14.4 Å². The topological polar surface area (TPSA) is 78.9 Å². The SMILES string of the molecule is CCCCCCCC(=O)OC[C@H](COC(=O)CCCCCCCCCCCCCCCCCCCCC(C)C)OC(=O)CCCCCCCCCCCCCCCCCCC(C)C. The first-order valence-corrected chi connectivity index (χ1v) is 28.2. The van der Waals surface area contributed by atoms with Crippen LogP contribution in [0, 0.1) is 11.8 Å². The quantitative estimate of drug-likeness (QED) is 0.0344. The van der Waals surface area contributed by atoms with E-state index in [1.54, 1.807) is 0 Å². The zero-order valence-electron chi connectivity index (χ0n) is 43.2. The lowest BCUT2D eigenvalue weighted by Gasteiger charge is -2.18. The van der Waals surface area contributed by atoms with E-state index in [1.165, 1.54) is 199 Å². The highest BCUT2D eigenvalue weighted by Gasteiger charge is 2.19. The van der Waals surface area contributed by atoms with Gasteiger partial charge in [-0.25, -0.2) is 0 Å². The lowest BCUT2D eigenvalue weighted by Crippen LogP contribution is -2.30. The molecule has 0 bridgehead atoms. The monoisotopic (exact) mass is 891 g/mol. The minimum atomic E-state index is -0.760. The molecule has 0 saturated heterocycles. The van der Waals surface area contributed by atoms with Crippen molar-refractivity contribution >= 4 is 17.9 Å². The van der Waals surface area contributed by atoms with Crippen molar-refractivity contribution in [2.45, 2.75) is 323 Å². The number of esters is 3. The van der Waals surface area contributed by atoms with Gasteiger partial charge in [0, 0.05) is 19.3 Å². The zero-order valence-corrected chi connectivity index (χ0v) is 43.2. The molecule has 0 N–H and O–H groups in total. The Hall–Kier alpha value is -1.59. The number of hydrogen-bond donors (Lipinski definition) is 0. The summed E-state index contributed by atoms with van der Waals surface area (Å²) in [7, 11) is 0. The molecule has 0 rings (SSSR count). The van der Waals surface area contributed by atoms with E-state index in [1.807, 2.05) is 0 Å². The van der Waals surface area contributed by atoms with Gasteiger partial charge in [0.2, 0.25) is 0 Å². The van der Waals surface area contributed by atoms with Crippen molar-refractivity contribution in [2.75, 3.05) is 13.2 Å². The Morgan fingerprint density at radius 1 is 0.302 bits per heavy atom. The maximum absolute atomic E-state index is 12.8. The smallest absolute Gasteiger partial charge is 0.306 e. The Morgan fingerprint density at radius 3 is 0.778 bits per heavy atom. The molecular weight excluding hydrogens is 781 g/mol. The van der Waals surface area contributed by atoms with Crippen molar-refractivity contribution in [3.63, 3.8) is 0 Å². The third-order valence-corrected chi connectivity index (χ3v) is 13.0. The third-order valence-electron chi connectivity index (χ3n) is 13.0. The summed E-state index contributed by atoms with van der Waals surface area (Å²) in [6, 6.07) is 0. The van der Waals surface area contributed by atoms with E-state index >= 15 is 0 Å². The van der Waals surface area contributed by atoms with Crippen LogP contribution in [0.2, 0.25) is 0 Å². The highest BCUT2D eigenvalue weighted by molar-refractivity contribution is 5.71. The number of rotatable bonds is 51. The summed E-state index contributed by atoms with van der Waals surface area (Å²) in [5.74, 6) is 0.855. The molecule has 0 spiro atoms. The molecule has 0 aromatic rings. The van der Waals surface area contributed by atoms with Gasteiger partial charge in [0.25, 0.3) is 0 Å². The number of ether oxygens (including phenoxy) is 3. The first kappa shape index (κ1) is 61.4. The average Bonchev–Trinajstić information content (AvgIpc) is 3.25. The highest BCUT2D eigenvalue weighted by atomic mass is 16.6. The van der Waals surface area contributed by atoms with Crippen LogP contribution < -0.4 is 0 Å². The molecule has 0 unspecified atom stereocenters. The van der Waals surface area contributed by atoms with Crippen LogP contribution in [0.3, 0.4) is 0 Å². The van der Waals surface area contributed by atoms with Crippen LogP contribution in [0.1, 0.15) is 317 Å². The minimum absolute atomic E-state index is 0.0639. The van der Waals surface area contributed by atoms with E-state index in [0.29, 0.717) is 19.3 Å². The molecule has 0 aliphatic carbocycles. The molecule has 1 atom stereocenters. The Kier molecular flexibility index (Phi) is 48.6. The second-order valence-corrected chi connectivity index (χ2v) is 20.5. The number of hydrogen-bond acceptors (Lipinski definition) is 6. The second-order valence-electron chi connectivity index (χ2n) is 20.5. The summed E-state index contributed by atoms with van der Waals surface area (Å²) >= 11 is 0. The molecule has 0 heterocycles. The molecule has 0 aliphatic rings. The van der Waals surface area contributed by atoms with Crippen LogP contribution in [0.4, 0.5) is 0 Å². The van der Waals surface area contributed by atoms with Crippen LogP contribution in [-0.4, -0.2) is 37.2 Å². The molecule has 0 aliphatic heterocycles. The highest BCUT2D eigenvalue weighted by Crippen LogP contribution is 2.18. The van der Waals surface area contributed by atoms with Crippen LogP contribution in [0.15, 0.2) is 0 Å². The van der Waals surface area contributed by atoms with E-state index < -0.39 is 6.10 Å². The fraction of sp³-hybridized carbons (Fsp3) is 0.947. The van der Waals surface area contributed by atoms with E-state index in [-0.39, 0.29) is 31.1 Å². The van der Waals surface area contributed by atoms with E-state index in [4.69, 9.17) is 14.2 Å². The second kappa shape index (κ2) is 49.8. The molecule has 6 heteroatoms. The number of carbonyl (C=O) groups excluding carboxylic acids is 3. The number of unbranched alkanes of at least 4 members (excludes halogenated alkanes) is 36. The predicted molar refractivity (Wildman–Crippen MR) is 270 cm³/mol. The van der Waals surface area contributed by atoms with Crippen LogP contribution in [-0.2, 0) is 28.6 Å². The van der Waals surface area contributed by atoms with Gasteiger partial charge in [-0.15, -0.1) is 0 Å². The summed E-state index contributed by atoms with van der Waals surface area (Å²) in [6.07, 6.45) is 52.8. The summed E-state index contributed by atoms with van der Waals surface area (Å²) in [5.41, 5.74) is 0. The Morgan fingerprint density at radius 2 is 0.524 bits per heavy atom. The lowest BCUT2D eigenvalue weighted by molar-refractivity contribution is -0.167. The van der Waals surface area contributed by atoms with Crippen molar-refractivity contribution < 1.29 is 28.6 Å². The fourth-order valence-electron chi connectivity index (χ4n) is 8.70. The molecule has 0 saturated carbocycles. The van der Waals surface area contributed by atoms with Crippen molar-refractivity contribution in [1.82, 2.24) is 0 Å². The van der Waals surface area contributed by atoms with Gasteiger partial charge in [0.1, 0.15) is 13.2 Å². The Labute approximate surface area is 393 Å². The van der Waals surface area contributed by atoms with Crippen molar-refractivity contribution in [2.24, 2.45) is 11.8 Å². The molecule has 0 aromatic carbocycles. The molecule has 6 nitrogen and oxygen atoms in total.